The number of nitrogens with one attached hydrogen (secondary N) is 1. The molecule has 1 aliphatic rings. The van der Waals surface area contributed by atoms with E-state index in [2.05, 4.69) is 10.4 Å². The predicted octanol–water partition coefficient (Wildman–Crippen LogP) is 0.367. The molecule has 1 aromatic rings. The average Bonchev–Trinajstić information content (AvgIpc) is 2.62. The number of anilines is 2. The fraction of sp³-hybridized carbons (Fsp3) is 0.600. The number of nitrogens with two attached hydrogens (primary N) is 1. The molecule has 6 heteroatoms. The van der Waals surface area contributed by atoms with Gasteiger partial charge in [0, 0.05) is 26.2 Å². The summed E-state index contributed by atoms with van der Waals surface area (Å²) in [5, 5.41) is 6.78. The normalized spacial score (nSPS) is 17.3. The Morgan fingerprint density at radius 3 is 2.88 bits per heavy atom. The quantitative estimate of drug-likeness (QED) is 0.760. The van der Waals surface area contributed by atoms with Crippen molar-refractivity contribution >= 4 is 17.4 Å². The van der Waals surface area contributed by atoms with Gasteiger partial charge in [0.15, 0.2) is 5.82 Å². The first-order valence-corrected chi connectivity index (χ1v) is 5.34. The lowest BCUT2D eigenvalue weighted by Gasteiger charge is -2.21. The fourth-order valence-electron chi connectivity index (χ4n) is 1.79. The van der Waals surface area contributed by atoms with Crippen molar-refractivity contribution in [3.63, 3.8) is 0 Å². The second kappa shape index (κ2) is 4.52. The molecule has 1 amide bonds. The van der Waals surface area contributed by atoms with Crippen LogP contribution in [0.1, 0.15) is 12.8 Å². The highest BCUT2D eigenvalue weighted by atomic mass is 16.5. The van der Waals surface area contributed by atoms with Gasteiger partial charge in [-0.2, -0.15) is 5.10 Å². The van der Waals surface area contributed by atoms with Crippen LogP contribution in [0, 0.1) is 5.92 Å². The minimum absolute atomic E-state index is 0.00130. The Kier molecular flexibility index (Phi) is 3.09. The second-order valence-corrected chi connectivity index (χ2v) is 3.95. The molecular formula is C10H16N4O2. The van der Waals surface area contributed by atoms with Crippen LogP contribution >= 0.6 is 0 Å². The number of ether oxygens (including phenoxy) is 1. The van der Waals surface area contributed by atoms with E-state index >= 15 is 0 Å². The van der Waals surface area contributed by atoms with Crippen LogP contribution in [0.15, 0.2) is 6.20 Å². The second-order valence-electron chi connectivity index (χ2n) is 3.95. The van der Waals surface area contributed by atoms with Crippen LogP contribution in [0.2, 0.25) is 0 Å². The molecule has 1 aromatic heterocycles. The molecule has 1 fully saturated rings. The van der Waals surface area contributed by atoms with Gasteiger partial charge in [0.25, 0.3) is 0 Å². The zero-order valence-corrected chi connectivity index (χ0v) is 9.27. The molecular weight excluding hydrogens is 208 g/mol. The van der Waals surface area contributed by atoms with Gasteiger partial charge in [-0.1, -0.05) is 0 Å². The number of carbonyl (C=O) groups excluding carboxylic acids is 1. The zero-order chi connectivity index (χ0) is 11.5. The van der Waals surface area contributed by atoms with Gasteiger partial charge in [0.1, 0.15) is 0 Å². The highest BCUT2D eigenvalue weighted by molar-refractivity contribution is 5.94. The van der Waals surface area contributed by atoms with Gasteiger partial charge in [0.05, 0.1) is 11.9 Å². The molecule has 6 nitrogen and oxygen atoms in total. The van der Waals surface area contributed by atoms with Gasteiger partial charge in [-0.3, -0.25) is 9.48 Å². The molecule has 0 aromatic carbocycles. The molecule has 0 bridgehead atoms. The Morgan fingerprint density at radius 2 is 2.31 bits per heavy atom. The largest absolute Gasteiger partial charge is 0.394 e. The van der Waals surface area contributed by atoms with E-state index in [0.29, 0.717) is 24.7 Å². The zero-order valence-electron chi connectivity index (χ0n) is 9.27. The van der Waals surface area contributed by atoms with Gasteiger partial charge >= 0.3 is 0 Å². The molecule has 1 aliphatic heterocycles. The summed E-state index contributed by atoms with van der Waals surface area (Å²) in [4.78, 5) is 11.9. The molecule has 2 heterocycles. The van der Waals surface area contributed by atoms with Gasteiger partial charge in [-0.15, -0.1) is 0 Å². The maximum absolute atomic E-state index is 11.9. The van der Waals surface area contributed by atoms with Crippen molar-refractivity contribution in [1.29, 1.82) is 0 Å². The van der Waals surface area contributed by atoms with E-state index < -0.39 is 0 Å². The van der Waals surface area contributed by atoms with E-state index in [1.165, 1.54) is 6.20 Å². The van der Waals surface area contributed by atoms with Crippen molar-refractivity contribution < 1.29 is 9.53 Å². The van der Waals surface area contributed by atoms with Crippen molar-refractivity contribution in [2.45, 2.75) is 12.8 Å². The molecule has 0 unspecified atom stereocenters. The first-order chi connectivity index (χ1) is 7.68. The summed E-state index contributed by atoms with van der Waals surface area (Å²) >= 11 is 0. The van der Waals surface area contributed by atoms with Gasteiger partial charge < -0.3 is 15.8 Å². The lowest BCUT2D eigenvalue weighted by molar-refractivity contribution is -0.122. The molecule has 16 heavy (non-hydrogen) atoms. The minimum Gasteiger partial charge on any atom is -0.394 e. The van der Waals surface area contributed by atoms with Crippen molar-refractivity contribution in [3.8, 4) is 0 Å². The van der Waals surface area contributed by atoms with Crippen molar-refractivity contribution in [2.75, 3.05) is 24.3 Å². The Bertz CT molecular complexity index is 363. The van der Waals surface area contributed by atoms with Crippen LogP contribution in [-0.4, -0.2) is 28.9 Å². The summed E-state index contributed by atoms with van der Waals surface area (Å²) in [7, 11) is 1.75. The van der Waals surface area contributed by atoms with E-state index in [0.717, 1.165) is 12.8 Å². The fourth-order valence-corrected chi connectivity index (χ4v) is 1.79. The van der Waals surface area contributed by atoms with E-state index in [9.17, 15) is 4.79 Å². The Balaban J connectivity index is 2.01. The van der Waals surface area contributed by atoms with E-state index in [4.69, 9.17) is 10.5 Å². The first-order valence-electron chi connectivity index (χ1n) is 5.34. The summed E-state index contributed by atoms with van der Waals surface area (Å²) in [6.07, 6.45) is 3.06. The minimum atomic E-state index is -0.00130. The Labute approximate surface area is 93.8 Å². The summed E-state index contributed by atoms with van der Waals surface area (Å²) < 4.78 is 6.77. The van der Waals surface area contributed by atoms with Crippen LogP contribution in [0.3, 0.4) is 0 Å². The topological polar surface area (TPSA) is 82.2 Å². The highest BCUT2D eigenvalue weighted by Gasteiger charge is 2.22. The molecule has 0 atom stereocenters. The maximum atomic E-state index is 11.9. The van der Waals surface area contributed by atoms with E-state index in [1.807, 2.05) is 0 Å². The first kappa shape index (κ1) is 10.9. The van der Waals surface area contributed by atoms with Crippen molar-refractivity contribution in [1.82, 2.24) is 9.78 Å². The molecule has 2 rings (SSSR count). The van der Waals surface area contributed by atoms with Crippen LogP contribution < -0.4 is 11.1 Å². The monoisotopic (exact) mass is 224 g/mol. The van der Waals surface area contributed by atoms with Gasteiger partial charge in [-0.25, -0.2) is 0 Å². The Morgan fingerprint density at radius 1 is 1.62 bits per heavy atom. The van der Waals surface area contributed by atoms with E-state index in [-0.39, 0.29) is 11.8 Å². The third kappa shape index (κ3) is 2.16. The average molecular weight is 224 g/mol. The van der Waals surface area contributed by atoms with Crippen molar-refractivity contribution in [3.05, 3.63) is 6.20 Å². The third-order valence-electron chi connectivity index (χ3n) is 2.80. The summed E-state index contributed by atoms with van der Waals surface area (Å²) in [6.45, 7) is 1.30. The highest BCUT2D eigenvalue weighted by Crippen LogP contribution is 2.20. The van der Waals surface area contributed by atoms with Crippen LogP contribution in [0.4, 0.5) is 11.5 Å². The number of aryl methyl sites for hydroxylation is 1. The lowest BCUT2D eigenvalue weighted by Crippen LogP contribution is -2.29. The molecule has 0 spiro atoms. The number of rotatable bonds is 2. The molecule has 1 saturated heterocycles. The number of carbonyl (C=O) groups is 1. The number of nitrogen functional groups attached to an aromatic ring is 1. The smallest absolute Gasteiger partial charge is 0.228 e. The van der Waals surface area contributed by atoms with Gasteiger partial charge in [-0.05, 0) is 12.8 Å². The van der Waals surface area contributed by atoms with Crippen LogP contribution in [0.5, 0.6) is 0 Å². The molecule has 88 valence electrons. The van der Waals surface area contributed by atoms with Crippen molar-refractivity contribution in [2.24, 2.45) is 13.0 Å². The van der Waals surface area contributed by atoms with Gasteiger partial charge in [0.2, 0.25) is 5.91 Å². The number of aromatic nitrogens is 2. The molecule has 0 aliphatic carbocycles. The Hall–Kier alpha value is -1.56. The third-order valence-corrected chi connectivity index (χ3v) is 2.80. The standard InChI is InChI=1S/C10H16N4O2/c1-14-9(8(11)6-12-14)13-10(15)7-2-4-16-5-3-7/h6-7H,2-5,11H2,1H3,(H,13,15). The number of hydrogen-bond acceptors (Lipinski definition) is 4. The molecule has 0 radical (unpaired) electrons. The summed E-state index contributed by atoms with van der Waals surface area (Å²) in [6, 6.07) is 0. The maximum Gasteiger partial charge on any atom is 0.228 e. The molecule has 3 N–H and O–H groups in total. The SMILES string of the molecule is Cn1ncc(N)c1NC(=O)C1CCOCC1. The van der Waals surface area contributed by atoms with E-state index in [1.54, 1.807) is 11.7 Å². The number of amides is 1. The predicted molar refractivity (Wildman–Crippen MR) is 59.8 cm³/mol. The number of nitrogens with zero attached hydrogens (tertiary/aromatic N) is 2. The summed E-state index contributed by atoms with van der Waals surface area (Å²) in [5.41, 5.74) is 6.19. The lowest BCUT2D eigenvalue weighted by atomic mass is 9.99. The van der Waals surface area contributed by atoms with Crippen LogP contribution in [-0.2, 0) is 16.6 Å². The summed E-state index contributed by atoms with van der Waals surface area (Å²) in [5.74, 6) is 0.582. The number of hydrogen-bond donors (Lipinski definition) is 2. The van der Waals surface area contributed by atoms with Crippen LogP contribution in [0.25, 0.3) is 0 Å². The molecule has 0 saturated carbocycles.